The summed E-state index contributed by atoms with van der Waals surface area (Å²) in [6.07, 6.45) is -4.34. The second-order valence-corrected chi connectivity index (χ2v) is 6.97. The van der Waals surface area contributed by atoms with Crippen molar-refractivity contribution in [3.05, 3.63) is 53.7 Å². The van der Waals surface area contributed by atoms with Crippen molar-refractivity contribution in [1.29, 1.82) is 0 Å². The average Bonchev–Trinajstić information content (AvgIpc) is 3.10. The van der Waals surface area contributed by atoms with Gasteiger partial charge in [0, 0.05) is 23.1 Å². The minimum atomic E-state index is -4.64. The lowest BCUT2D eigenvalue weighted by molar-refractivity contribution is -0.180. The van der Waals surface area contributed by atoms with Crippen LogP contribution in [0.3, 0.4) is 0 Å². The Morgan fingerprint density at radius 1 is 1.10 bits per heavy atom. The fourth-order valence-corrected chi connectivity index (χ4v) is 3.82. The van der Waals surface area contributed by atoms with E-state index in [0.717, 1.165) is 4.90 Å². The van der Waals surface area contributed by atoms with Gasteiger partial charge in [-0.3, -0.25) is 0 Å². The van der Waals surface area contributed by atoms with Crippen molar-refractivity contribution in [3.63, 3.8) is 0 Å². The molecular formula is C21H20F3N3O3. The topological polar surface area (TPSA) is 66.6 Å². The Hall–Kier alpha value is -3.36. The number of carbonyl (C=O) groups is 1. The van der Waals surface area contributed by atoms with Crippen LogP contribution in [0.25, 0.3) is 10.9 Å². The Balaban J connectivity index is 1.68. The monoisotopic (exact) mass is 419 g/mol. The number of carbonyl (C=O) groups excluding carboxylic acids is 1. The molecule has 2 heterocycles. The zero-order valence-electron chi connectivity index (χ0n) is 16.3. The van der Waals surface area contributed by atoms with Crippen LogP contribution in [0.5, 0.6) is 11.5 Å². The molecule has 6 nitrogen and oxygen atoms in total. The molecule has 2 N–H and O–H groups in total. The largest absolute Gasteiger partial charge is 0.497 e. The first-order valence-electron chi connectivity index (χ1n) is 9.28. The molecule has 1 aliphatic heterocycles. The van der Waals surface area contributed by atoms with E-state index in [1.807, 2.05) is 0 Å². The third-order valence-electron chi connectivity index (χ3n) is 5.25. The van der Waals surface area contributed by atoms with Crippen LogP contribution in [0, 0.1) is 0 Å². The lowest BCUT2D eigenvalue weighted by Crippen LogP contribution is -2.48. The third-order valence-corrected chi connectivity index (χ3v) is 5.25. The fraction of sp³-hybridized carbons (Fsp3) is 0.286. The predicted molar refractivity (Wildman–Crippen MR) is 106 cm³/mol. The number of hydrogen-bond donors (Lipinski definition) is 2. The van der Waals surface area contributed by atoms with E-state index in [-0.39, 0.29) is 12.2 Å². The van der Waals surface area contributed by atoms with Gasteiger partial charge in [0.15, 0.2) is 6.04 Å². The first kappa shape index (κ1) is 19.9. The molecule has 3 aromatic rings. The van der Waals surface area contributed by atoms with Crippen LogP contribution in [0.1, 0.15) is 17.3 Å². The number of aromatic amines is 1. The molecule has 1 aromatic heterocycles. The van der Waals surface area contributed by atoms with Crippen LogP contribution in [0.2, 0.25) is 0 Å². The van der Waals surface area contributed by atoms with Crippen molar-refractivity contribution in [3.8, 4) is 11.5 Å². The lowest BCUT2D eigenvalue weighted by Gasteiger charge is -2.36. The van der Waals surface area contributed by atoms with Crippen LogP contribution in [0.15, 0.2) is 42.5 Å². The Morgan fingerprint density at radius 3 is 2.40 bits per heavy atom. The van der Waals surface area contributed by atoms with Gasteiger partial charge in [0.2, 0.25) is 0 Å². The summed E-state index contributed by atoms with van der Waals surface area (Å²) in [6, 6.07) is 8.58. The van der Waals surface area contributed by atoms with Gasteiger partial charge in [-0.05, 0) is 54.4 Å². The molecule has 9 heteroatoms. The van der Waals surface area contributed by atoms with Crippen molar-refractivity contribution in [1.82, 2.24) is 9.88 Å². The molecule has 1 unspecified atom stereocenters. The highest BCUT2D eigenvalue weighted by Crippen LogP contribution is 2.44. The SMILES string of the molecule is COc1ccc(NC(=O)N2CCc3c([nH]c4ccc(OC)cc34)C2C(F)(F)F)cc1. The number of fused-ring (bicyclic) bond motifs is 3. The number of nitrogens with one attached hydrogen (secondary N) is 2. The second kappa shape index (κ2) is 7.47. The van der Waals surface area contributed by atoms with Gasteiger partial charge in [-0.2, -0.15) is 13.2 Å². The number of rotatable bonds is 3. The average molecular weight is 419 g/mol. The molecule has 4 rings (SSSR count). The van der Waals surface area contributed by atoms with Crippen molar-refractivity contribution in [2.75, 3.05) is 26.1 Å². The number of ether oxygens (including phenoxy) is 2. The first-order chi connectivity index (χ1) is 14.3. The van der Waals surface area contributed by atoms with Gasteiger partial charge in [-0.1, -0.05) is 0 Å². The fourth-order valence-electron chi connectivity index (χ4n) is 3.82. The highest BCUT2D eigenvalue weighted by Gasteiger charge is 2.50. The Labute approximate surface area is 170 Å². The molecule has 1 aliphatic rings. The maximum absolute atomic E-state index is 14.1. The highest BCUT2D eigenvalue weighted by atomic mass is 19.4. The van der Waals surface area contributed by atoms with E-state index in [4.69, 9.17) is 9.47 Å². The predicted octanol–water partition coefficient (Wildman–Crippen LogP) is 4.88. The molecule has 2 amide bonds. The van der Waals surface area contributed by atoms with Crippen molar-refractivity contribution < 1.29 is 27.4 Å². The van der Waals surface area contributed by atoms with Crippen LogP contribution in [-0.4, -0.2) is 42.9 Å². The number of hydrogen-bond acceptors (Lipinski definition) is 3. The molecule has 158 valence electrons. The van der Waals surface area contributed by atoms with Crippen LogP contribution in [0.4, 0.5) is 23.7 Å². The molecule has 0 saturated heterocycles. The number of alkyl halides is 3. The van der Waals surface area contributed by atoms with Crippen LogP contribution in [-0.2, 0) is 6.42 Å². The summed E-state index contributed by atoms with van der Waals surface area (Å²) >= 11 is 0. The number of nitrogens with zero attached hydrogens (tertiary/aromatic N) is 1. The standard InChI is InChI=1S/C21H20F3N3O3/c1-29-13-5-3-12(4-6-13)25-20(28)27-10-9-15-16-11-14(30-2)7-8-17(16)26-18(15)19(27)21(22,23)24/h3-8,11,19,26H,9-10H2,1-2H3,(H,25,28). The zero-order chi connectivity index (χ0) is 21.5. The van der Waals surface area contributed by atoms with Crippen LogP contribution >= 0.6 is 0 Å². The van der Waals surface area contributed by atoms with E-state index in [1.54, 1.807) is 42.5 Å². The third kappa shape index (κ3) is 3.51. The second-order valence-electron chi connectivity index (χ2n) is 6.97. The van der Waals surface area contributed by atoms with E-state index < -0.39 is 18.2 Å². The lowest BCUT2D eigenvalue weighted by atomic mass is 9.97. The van der Waals surface area contributed by atoms with E-state index in [0.29, 0.717) is 40.1 Å². The highest BCUT2D eigenvalue weighted by molar-refractivity contribution is 5.91. The normalized spacial score (nSPS) is 16.3. The molecule has 0 bridgehead atoms. The summed E-state index contributed by atoms with van der Waals surface area (Å²) in [5.41, 5.74) is 1.50. The maximum atomic E-state index is 14.1. The number of aromatic nitrogens is 1. The van der Waals surface area contributed by atoms with E-state index in [9.17, 15) is 18.0 Å². The number of methoxy groups -OCH3 is 2. The number of halogens is 3. The Morgan fingerprint density at radius 2 is 1.77 bits per heavy atom. The molecular weight excluding hydrogens is 399 g/mol. The molecule has 0 saturated carbocycles. The van der Waals surface area contributed by atoms with Gasteiger partial charge in [-0.25, -0.2) is 4.79 Å². The minimum absolute atomic E-state index is 0.0121. The molecule has 0 radical (unpaired) electrons. The summed E-state index contributed by atoms with van der Waals surface area (Å²) in [4.78, 5) is 16.4. The number of benzene rings is 2. The summed E-state index contributed by atoms with van der Waals surface area (Å²) in [6.45, 7) is -0.0661. The number of anilines is 1. The van der Waals surface area contributed by atoms with Crippen molar-refractivity contribution in [2.45, 2.75) is 18.6 Å². The Bertz CT molecular complexity index is 1080. The summed E-state index contributed by atoms with van der Waals surface area (Å²) < 4.78 is 52.4. The van der Waals surface area contributed by atoms with Gasteiger partial charge >= 0.3 is 12.2 Å². The number of amides is 2. The first-order valence-corrected chi connectivity index (χ1v) is 9.28. The van der Waals surface area contributed by atoms with Gasteiger partial charge < -0.3 is 24.7 Å². The summed E-state index contributed by atoms with van der Waals surface area (Å²) in [7, 11) is 3.01. The minimum Gasteiger partial charge on any atom is -0.497 e. The molecule has 0 aliphatic carbocycles. The quantitative estimate of drug-likeness (QED) is 0.636. The maximum Gasteiger partial charge on any atom is 0.414 e. The summed E-state index contributed by atoms with van der Waals surface area (Å²) in [5, 5.41) is 3.22. The van der Waals surface area contributed by atoms with E-state index in [1.165, 1.54) is 14.2 Å². The van der Waals surface area contributed by atoms with E-state index >= 15 is 0 Å². The molecule has 2 aromatic carbocycles. The van der Waals surface area contributed by atoms with E-state index in [2.05, 4.69) is 10.3 Å². The molecule has 1 atom stereocenters. The molecule has 30 heavy (non-hydrogen) atoms. The van der Waals surface area contributed by atoms with Gasteiger partial charge in [-0.15, -0.1) is 0 Å². The number of H-pyrrole nitrogens is 1. The zero-order valence-corrected chi connectivity index (χ0v) is 16.3. The van der Waals surface area contributed by atoms with Gasteiger partial charge in [0.25, 0.3) is 0 Å². The Kier molecular flexibility index (Phi) is 4.97. The van der Waals surface area contributed by atoms with Gasteiger partial charge in [0.05, 0.1) is 19.9 Å². The van der Waals surface area contributed by atoms with Crippen LogP contribution < -0.4 is 14.8 Å². The molecule has 0 spiro atoms. The van der Waals surface area contributed by atoms with Gasteiger partial charge in [0.1, 0.15) is 11.5 Å². The van der Waals surface area contributed by atoms with Crippen molar-refractivity contribution in [2.24, 2.45) is 0 Å². The number of urea groups is 1. The summed E-state index contributed by atoms with van der Waals surface area (Å²) in [5.74, 6) is 1.14. The molecule has 0 fully saturated rings. The smallest absolute Gasteiger partial charge is 0.414 e. The van der Waals surface area contributed by atoms with Crippen molar-refractivity contribution >= 4 is 22.6 Å².